The number of fused-ring (bicyclic) bond motifs is 5. The van der Waals surface area contributed by atoms with Crippen LogP contribution in [-0.2, 0) is 9.59 Å². The van der Waals surface area contributed by atoms with E-state index in [2.05, 4.69) is 34.1 Å². The van der Waals surface area contributed by atoms with Gasteiger partial charge >= 0.3 is 0 Å². The van der Waals surface area contributed by atoms with Crippen molar-refractivity contribution in [3.63, 3.8) is 0 Å². The summed E-state index contributed by atoms with van der Waals surface area (Å²) in [5.41, 5.74) is 2.20. The summed E-state index contributed by atoms with van der Waals surface area (Å²) in [5.74, 6) is 2.66. The molecule has 7 rings (SSSR count). The van der Waals surface area contributed by atoms with Crippen LogP contribution in [0.2, 0.25) is 0 Å². The highest BCUT2D eigenvalue weighted by Crippen LogP contribution is 2.52. The Kier molecular flexibility index (Phi) is 5.46. The van der Waals surface area contributed by atoms with Crippen molar-refractivity contribution in [2.24, 2.45) is 23.7 Å². The van der Waals surface area contributed by atoms with Gasteiger partial charge in [-0.1, -0.05) is 30.5 Å². The van der Waals surface area contributed by atoms with Crippen LogP contribution in [0.25, 0.3) is 10.1 Å². The maximum absolute atomic E-state index is 13.2. The van der Waals surface area contributed by atoms with Gasteiger partial charge in [0.1, 0.15) is 5.82 Å². The number of amides is 2. The van der Waals surface area contributed by atoms with E-state index < -0.39 is 0 Å². The predicted octanol–water partition coefficient (Wildman–Crippen LogP) is 4.32. The Morgan fingerprint density at radius 3 is 2.51 bits per heavy atom. The van der Waals surface area contributed by atoms with Crippen LogP contribution in [0.1, 0.15) is 44.9 Å². The maximum Gasteiger partial charge on any atom is 0.257 e. The molecule has 35 heavy (non-hydrogen) atoms. The van der Waals surface area contributed by atoms with E-state index in [-0.39, 0.29) is 17.7 Å². The van der Waals surface area contributed by atoms with Crippen molar-refractivity contribution in [3.05, 3.63) is 35.4 Å². The van der Waals surface area contributed by atoms with Crippen LogP contribution in [0.3, 0.4) is 0 Å². The number of rotatable bonds is 5. The molecule has 0 radical (unpaired) electrons. The smallest absolute Gasteiger partial charge is 0.257 e. The quantitative estimate of drug-likeness (QED) is 0.585. The first-order valence-electron chi connectivity index (χ1n) is 13.6. The third kappa shape index (κ3) is 3.65. The van der Waals surface area contributed by atoms with E-state index >= 15 is 0 Å². The second kappa shape index (κ2) is 8.70. The molecule has 3 aliphatic carbocycles. The molecule has 1 aromatic heterocycles. The van der Waals surface area contributed by atoms with Crippen LogP contribution in [0.15, 0.2) is 35.4 Å². The Labute approximate surface area is 211 Å². The summed E-state index contributed by atoms with van der Waals surface area (Å²) in [6.45, 7) is 5.86. The number of aromatic nitrogens is 1. The van der Waals surface area contributed by atoms with Crippen LogP contribution >= 0.6 is 11.5 Å². The number of nitrogens with zero attached hydrogens (tertiary/aromatic N) is 4. The minimum atomic E-state index is -0.0943. The fourth-order valence-electron chi connectivity index (χ4n) is 7.63. The molecule has 1 unspecified atom stereocenters. The molecule has 2 aromatic rings. The number of allylic oxidation sites excluding steroid dienone is 1. The summed E-state index contributed by atoms with van der Waals surface area (Å²) in [7, 11) is 0. The molecule has 3 heterocycles. The van der Waals surface area contributed by atoms with E-state index in [1.807, 2.05) is 0 Å². The molecule has 2 aliphatic heterocycles. The first kappa shape index (κ1) is 22.0. The third-order valence-corrected chi connectivity index (χ3v) is 10.3. The molecular formula is C28H34N4O2S. The molecule has 1 aromatic carbocycles. The Hall–Kier alpha value is -2.25. The lowest BCUT2D eigenvalue weighted by Crippen LogP contribution is -2.49. The lowest BCUT2D eigenvalue weighted by atomic mass is 9.78. The predicted molar refractivity (Wildman–Crippen MR) is 138 cm³/mol. The Morgan fingerprint density at radius 2 is 1.71 bits per heavy atom. The average Bonchev–Trinajstić information content (AvgIpc) is 3.66. The zero-order valence-electron chi connectivity index (χ0n) is 20.3. The van der Waals surface area contributed by atoms with Crippen molar-refractivity contribution in [2.45, 2.75) is 44.9 Å². The van der Waals surface area contributed by atoms with Gasteiger partial charge in [-0.2, -0.15) is 4.37 Å². The fourth-order valence-corrected chi connectivity index (χ4v) is 8.43. The van der Waals surface area contributed by atoms with Gasteiger partial charge in [-0.05, 0) is 73.5 Å². The third-order valence-electron chi connectivity index (χ3n) is 9.50. The molecule has 7 heteroatoms. The van der Waals surface area contributed by atoms with Gasteiger partial charge in [0.05, 0.1) is 10.6 Å². The summed E-state index contributed by atoms with van der Waals surface area (Å²) >= 11 is 1.59. The molecule has 0 N–H and O–H groups in total. The molecule has 184 valence electrons. The molecule has 5 aliphatic rings. The summed E-state index contributed by atoms with van der Waals surface area (Å²) in [6, 6.07) is 8.52. The highest BCUT2D eigenvalue weighted by Gasteiger charge is 2.54. The van der Waals surface area contributed by atoms with Crippen LogP contribution in [0.5, 0.6) is 0 Å². The average molecular weight is 491 g/mol. The largest absolute Gasteiger partial charge is 0.353 e. The highest BCUT2D eigenvalue weighted by atomic mass is 32.1. The number of hydrogen-bond donors (Lipinski definition) is 0. The van der Waals surface area contributed by atoms with Gasteiger partial charge in [0.2, 0.25) is 5.91 Å². The minimum absolute atomic E-state index is 0.0608. The normalized spacial score (nSPS) is 31.3. The zero-order valence-corrected chi connectivity index (χ0v) is 21.1. The van der Waals surface area contributed by atoms with Gasteiger partial charge in [0.15, 0.2) is 0 Å². The summed E-state index contributed by atoms with van der Waals surface area (Å²) in [4.78, 5) is 33.2. The van der Waals surface area contributed by atoms with E-state index in [4.69, 9.17) is 4.37 Å². The number of likely N-dealkylation sites (tertiary alicyclic amines) is 1. The standard InChI is InChI=1S/C28H34N4O2S/c33-27-24-18-9-10-19(15-18)25(24)28(34)32(27)17-21-6-2-1-5-20(21)16-30-11-13-31(14-12-30)26-22-7-3-4-8-23(22)35-29-26/h3-4,7-8,18,20-21,24H,1-2,5-6,9-17H2/t18-,20-,21?,24+/m0/s1. The molecule has 4 atom stereocenters. The number of carbonyl (C=O) groups is 2. The lowest BCUT2D eigenvalue weighted by Gasteiger charge is -2.40. The Bertz CT molecular complexity index is 1200. The monoisotopic (exact) mass is 490 g/mol. The van der Waals surface area contributed by atoms with Gasteiger partial charge in [-0.25, -0.2) is 0 Å². The van der Waals surface area contributed by atoms with Crippen molar-refractivity contribution >= 4 is 39.3 Å². The highest BCUT2D eigenvalue weighted by molar-refractivity contribution is 7.13. The van der Waals surface area contributed by atoms with E-state index in [0.29, 0.717) is 24.3 Å². The van der Waals surface area contributed by atoms with Gasteiger partial charge < -0.3 is 4.90 Å². The molecule has 2 saturated heterocycles. The van der Waals surface area contributed by atoms with Crippen LogP contribution in [-0.4, -0.2) is 65.3 Å². The van der Waals surface area contributed by atoms with Crippen molar-refractivity contribution < 1.29 is 9.59 Å². The SMILES string of the molecule is O=C1C2=C3CC[C@@H](C3)[C@H]2C(=O)N1CC1CCCC[C@H]1CN1CCN(c2nsc3ccccc23)CC1. The second-order valence-corrected chi connectivity index (χ2v) is 12.2. The Morgan fingerprint density at radius 1 is 0.943 bits per heavy atom. The van der Waals surface area contributed by atoms with Gasteiger partial charge in [0, 0.05) is 50.2 Å². The number of carbonyl (C=O) groups excluding carboxylic acids is 2. The minimum Gasteiger partial charge on any atom is -0.353 e. The molecular weight excluding hydrogens is 456 g/mol. The maximum atomic E-state index is 13.2. The van der Waals surface area contributed by atoms with Crippen molar-refractivity contribution in [3.8, 4) is 0 Å². The zero-order chi connectivity index (χ0) is 23.5. The Balaban J connectivity index is 0.997. The molecule has 0 spiro atoms. The van der Waals surface area contributed by atoms with E-state index in [1.165, 1.54) is 34.9 Å². The molecule has 2 amide bonds. The van der Waals surface area contributed by atoms with Crippen LogP contribution < -0.4 is 4.90 Å². The van der Waals surface area contributed by atoms with Crippen LogP contribution in [0.4, 0.5) is 5.82 Å². The van der Waals surface area contributed by atoms with E-state index in [0.717, 1.165) is 69.8 Å². The summed E-state index contributed by atoms with van der Waals surface area (Å²) < 4.78 is 6.02. The van der Waals surface area contributed by atoms with Crippen molar-refractivity contribution in [1.82, 2.24) is 14.2 Å². The lowest BCUT2D eigenvalue weighted by molar-refractivity contribution is -0.141. The summed E-state index contributed by atoms with van der Waals surface area (Å²) in [5, 5.41) is 1.27. The van der Waals surface area contributed by atoms with Gasteiger partial charge in [-0.15, -0.1) is 0 Å². The molecule has 6 nitrogen and oxygen atoms in total. The van der Waals surface area contributed by atoms with Gasteiger partial charge in [0.25, 0.3) is 5.91 Å². The van der Waals surface area contributed by atoms with Crippen molar-refractivity contribution in [1.29, 1.82) is 0 Å². The molecule has 4 fully saturated rings. The second-order valence-electron chi connectivity index (χ2n) is 11.3. The van der Waals surface area contributed by atoms with E-state index in [9.17, 15) is 9.59 Å². The van der Waals surface area contributed by atoms with Gasteiger partial charge in [-0.3, -0.25) is 19.4 Å². The number of hydrogen-bond acceptors (Lipinski definition) is 6. The number of benzene rings is 1. The van der Waals surface area contributed by atoms with Crippen molar-refractivity contribution in [2.75, 3.05) is 44.2 Å². The first-order chi connectivity index (χ1) is 17.2. The topological polar surface area (TPSA) is 56.8 Å². The molecule has 2 bridgehead atoms. The molecule has 2 saturated carbocycles. The fraction of sp³-hybridized carbons (Fsp3) is 0.607. The van der Waals surface area contributed by atoms with Crippen LogP contribution in [0, 0.1) is 23.7 Å². The number of anilines is 1. The number of piperazine rings is 1. The first-order valence-corrected chi connectivity index (χ1v) is 14.3. The number of imide groups is 1. The van der Waals surface area contributed by atoms with E-state index in [1.54, 1.807) is 16.4 Å². The summed E-state index contributed by atoms with van der Waals surface area (Å²) in [6.07, 6.45) is 8.00.